The largest absolute Gasteiger partial charge is 0.477 e. The van der Waals surface area contributed by atoms with Crippen LogP contribution in [0.1, 0.15) is 69.8 Å². The van der Waals surface area contributed by atoms with E-state index < -0.39 is 5.97 Å². The molecule has 8 nitrogen and oxygen atoms in total. The summed E-state index contributed by atoms with van der Waals surface area (Å²) >= 11 is 0. The highest BCUT2D eigenvalue weighted by Gasteiger charge is 2.39. The molecule has 9 heteroatoms. The van der Waals surface area contributed by atoms with Gasteiger partial charge in [-0.05, 0) is 73.8 Å². The third kappa shape index (κ3) is 5.56. The van der Waals surface area contributed by atoms with Gasteiger partial charge < -0.3 is 10.0 Å². The van der Waals surface area contributed by atoms with E-state index in [9.17, 15) is 14.0 Å². The minimum absolute atomic E-state index is 0.00922. The van der Waals surface area contributed by atoms with E-state index in [0.717, 1.165) is 49.3 Å². The molecule has 1 N–H and O–H groups in total. The maximum atomic E-state index is 14.1. The molecule has 0 aliphatic carbocycles. The molecule has 2 aromatic carbocycles. The molecule has 1 atom stereocenters. The smallest absolute Gasteiger partial charge is 0.354 e. The Kier molecular flexibility index (Phi) is 7.60. The van der Waals surface area contributed by atoms with Gasteiger partial charge >= 0.3 is 5.97 Å². The fraction of sp³-hybridized carbons (Fsp3) is 0.333. The van der Waals surface area contributed by atoms with E-state index in [-0.39, 0.29) is 28.8 Å². The summed E-state index contributed by atoms with van der Waals surface area (Å²) in [5.74, 6) is -1.27. The zero-order chi connectivity index (χ0) is 29.3. The van der Waals surface area contributed by atoms with Gasteiger partial charge in [-0.15, -0.1) is 0 Å². The quantitative estimate of drug-likeness (QED) is 0.327. The molecule has 2 saturated heterocycles. The van der Waals surface area contributed by atoms with Crippen LogP contribution in [-0.2, 0) is 12.0 Å². The van der Waals surface area contributed by atoms with Crippen LogP contribution in [-0.4, -0.2) is 67.7 Å². The zero-order valence-electron chi connectivity index (χ0n) is 23.6. The lowest BCUT2D eigenvalue weighted by molar-refractivity contribution is 0.0689. The fourth-order valence-electron chi connectivity index (χ4n) is 6.35. The number of likely N-dealkylation sites (tertiary alicyclic amines) is 2. The van der Waals surface area contributed by atoms with E-state index in [1.165, 1.54) is 23.8 Å². The molecule has 2 aliphatic rings. The number of aromatic nitrogens is 3. The van der Waals surface area contributed by atoms with Crippen molar-refractivity contribution >= 4 is 11.9 Å². The number of aromatic carboxylic acids is 1. The number of carboxylic acid groups (broad SMARTS) is 1. The van der Waals surface area contributed by atoms with Gasteiger partial charge in [0, 0.05) is 37.2 Å². The molecule has 0 bridgehead atoms. The predicted molar refractivity (Wildman–Crippen MR) is 156 cm³/mol. The van der Waals surface area contributed by atoms with Gasteiger partial charge in [0.15, 0.2) is 0 Å². The minimum atomic E-state index is -1.04. The molecule has 2 fully saturated rings. The second-order valence-electron chi connectivity index (χ2n) is 11.6. The van der Waals surface area contributed by atoms with E-state index in [1.807, 2.05) is 33.8 Å². The van der Waals surface area contributed by atoms with E-state index in [4.69, 9.17) is 5.11 Å². The summed E-state index contributed by atoms with van der Waals surface area (Å²) in [7, 11) is 0. The van der Waals surface area contributed by atoms with Crippen molar-refractivity contribution in [2.75, 3.05) is 26.2 Å². The SMILES string of the molecule is CC1(c2ccccc2)CCN(C(=O)c2cnn(-c3ccc(F)cc3)c2C2CCN(Cc3ccc(C(=O)O)nc3)CC2)C1. The lowest BCUT2D eigenvalue weighted by Crippen LogP contribution is -2.35. The van der Waals surface area contributed by atoms with Crippen LogP contribution in [0.2, 0.25) is 0 Å². The molecule has 4 heterocycles. The highest BCUT2D eigenvalue weighted by molar-refractivity contribution is 5.96. The van der Waals surface area contributed by atoms with Gasteiger partial charge in [0.25, 0.3) is 5.91 Å². The van der Waals surface area contributed by atoms with Crippen molar-refractivity contribution in [3.05, 3.63) is 113 Å². The number of rotatable bonds is 7. The number of benzene rings is 2. The number of carbonyl (C=O) groups excluding carboxylic acids is 1. The van der Waals surface area contributed by atoms with Crippen molar-refractivity contribution in [1.29, 1.82) is 0 Å². The summed E-state index contributed by atoms with van der Waals surface area (Å²) in [6.45, 7) is 5.84. The van der Waals surface area contributed by atoms with Crippen LogP contribution < -0.4 is 0 Å². The molecule has 4 aromatic rings. The third-order valence-corrected chi connectivity index (χ3v) is 8.76. The Balaban J connectivity index is 1.23. The maximum absolute atomic E-state index is 14.1. The van der Waals surface area contributed by atoms with Crippen LogP contribution in [0.3, 0.4) is 0 Å². The van der Waals surface area contributed by atoms with Gasteiger partial charge in [-0.2, -0.15) is 5.10 Å². The van der Waals surface area contributed by atoms with E-state index in [1.54, 1.807) is 24.5 Å². The van der Waals surface area contributed by atoms with E-state index >= 15 is 0 Å². The van der Waals surface area contributed by atoms with Gasteiger partial charge in [0.2, 0.25) is 0 Å². The molecule has 0 saturated carbocycles. The molecule has 216 valence electrons. The molecule has 6 rings (SSSR count). The van der Waals surface area contributed by atoms with Crippen LogP contribution >= 0.6 is 0 Å². The first-order chi connectivity index (χ1) is 20.3. The van der Waals surface area contributed by atoms with Gasteiger partial charge in [0.05, 0.1) is 23.1 Å². The average Bonchev–Trinajstić information content (AvgIpc) is 3.64. The Hall–Kier alpha value is -4.37. The van der Waals surface area contributed by atoms with Crippen LogP contribution in [0.5, 0.6) is 0 Å². The number of carboxylic acids is 1. The highest BCUT2D eigenvalue weighted by Crippen LogP contribution is 2.37. The first-order valence-corrected chi connectivity index (χ1v) is 14.4. The second-order valence-corrected chi connectivity index (χ2v) is 11.6. The highest BCUT2D eigenvalue weighted by atomic mass is 19.1. The second kappa shape index (κ2) is 11.5. The van der Waals surface area contributed by atoms with Gasteiger partial charge in [-0.3, -0.25) is 9.69 Å². The predicted octanol–water partition coefficient (Wildman–Crippen LogP) is 5.29. The zero-order valence-corrected chi connectivity index (χ0v) is 23.6. The molecular formula is C33H34FN5O3. The summed E-state index contributed by atoms with van der Waals surface area (Å²) in [4.78, 5) is 33.5. The summed E-state index contributed by atoms with van der Waals surface area (Å²) in [5.41, 5.74) is 4.35. The Labute approximate surface area is 244 Å². The Morgan fingerprint density at radius 2 is 1.71 bits per heavy atom. The summed E-state index contributed by atoms with van der Waals surface area (Å²) in [5, 5.41) is 13.8. The minimum Gasteiger partial charge on any atom is -0.477 e. The number of halogens is 1. The van der Waals surface area contributed by atoms with Crippen molar-refractivity contribution in [3.63, 3.8) is 0 Å². The lowest BCUT2D eigenvalue weighted by Gasteiger charge is -2.33. The van der Waals surface area contributed by atoms with E-state index in [2.05, 4.69) is 34.0 Å². The number of amides is 1. The Morgan fingerprint density at radius 1 is 0.976 bits per heavy atom. The summed E-state index contributed by atoms with van der Waals surface area (Å²) < 4.78 is 15.6. The number of pyridine rings is 1. The van der Waals surface area contributed by atoms with Crippen molar-refractivity contribution in [3.8, 4) is 5.69 Å². The summed E-state index contributed by atoms with van der Waals surface area (Å²) in [6.07, 6.45) is 5.85. The van der Waals surface area contributed by atoms with Gasteiger partial charge in [-0.25, -0.2) is 18.9 Å². The van der Waals surface area contributed by atoms with Crippen LogP contribution in [0.15, 0.2) is 79.1 Å². The van der Waals surface area contributed by atoms with Crippen LogP contribution in [0, 0.1) is 5.82 Å². The first kappa shape index (κ1) is 27.8. The number of nitrogens with zero attached hydrogens (tertiary/aromatic N) is 5. The molecule has 0 radical (unpaired) electrons. The number of hydrogen-bond acceptors (Lipinski definition) is 5. The van der Waals surface area contributed by atoms with Crippen molar-refractivity contribution in [2.45, 2.75) is 44.1 Å². The Bertz CT molecular complexity index is 1560. The third-order valence-electron chi connectivity index (χ3n) is 8.76. The van der Waals surface area contributed by atoms with Crippen LogP contribution in [0.4, 0.5) is 4.39 Å². The molecule has 42 heavy (non-hydrogen) atoms. The average molecular weight is 568 g/mol. The first-order valence-electron chi connectivity index (χ1n) is 14.4. The van der Waals surface area contributed by atoms with Gasteiger partial charge in [-0.1, -0.05) is 43.3 Å². The van der Waals surface area contributed by atoms with Crippen molar-refractivity contribution in [1.82, 2.24) is 24.6 Å². The topological polar surface area (TPSA) is 91.6 Å². The fourth-order valence-corrected chi connectivity index (χ4v) is 6.35. The van der Waals surface area contributed by atoms with Crippen molar-refractivity contribution < 1.29 is 19.1 Å². The number of piperidine rings is 1. The normalized spacial score (nSPS) is 19.7. The Morgan fingerprint density at radius 3 is 2.38 bits per heavy atom. The van der Waals surface area contributed by atoms with E-state index in [0.29, 0.717) is 25.2 Å². The molecule has 1 unspecified atom stereocenters. The molecular weight excluding hydrogens is 533 g/mol. The summed E-state index contributed by atoms with van der Waals surface area (Å²) in [6, 6.07) is 19.9. The number of hydrogen-bond donors (Lipinski definition) is 1. The van der Waals surface area contributed by atoms with Crippen LogP contribution in [0.25, 0.3) is 5.69 Å². The monoisotopic (exact) mass is 567 g/mol. The number of carbonyl (C=O) groups is 2. The molecule has 1 amide bonds. The standard InChI is InChI=1S/C33H34FN5O3/c1-33(25-5-3-2-4-6-25)15-18-38(22-33)31(40)28-20-36-39(27-10-8-26(34)9-11-27)30(28)24-13-16-37(17-14-24)21-23-7-12-29(32(41)42)35-19-23/h2-12,19-20,24H,13-18,21-22H2,1H3,(H,41,42). The molecule has 0 spiro atoms. The lowest BCUT2D eigenvalue weighted by atomic mass is 9.82. The molecule has 2 aliphatic heterocycles. The maximum Gasteiger partial charge on any atom is 0.354 e. The van der Waals surface area contributed by atoms with Gasteiger partial charge in [0.1, 0.15) is 11.5 Å². The van der Waals surface area contributed by atoms with Crippen molar-refractivity contribution in [2.24, 2.45) is 0 Å². The molecule has 2 aromatic heterocycles.